The van der Waals surface area contributed by atoms with Crippen molar-refractivity contribution in [1.29, 1.82) is 0 Å². The van der Waals surface area contributed by atoms with E-state index in [2.05, 4.69) is 10.0 Å². The first-order valence-corrected chi connectivity index (χ1v) is 8.98. The van der Waals surface area contributed by atoms with Gasteiger partial charge in [-0.25, -0.2) is 17.5 Å². The summed E-state index contributed by atoms with van der Waals surface area (Å²) in [5.74, 6) is -0.672. The molecule has 1 amide bonds. The molecule has 2 aromatic carbocycles. The van der Waals surface area contributed by atoms with Gasteiger partial charge in [-0.3, -0.25) is 4.79 Å². The summed E-state index contributed by atoms with van der Waals surface area (Å²) in [6.07, 6.45) is 0. The van der Waals surface area contributed by atoms with Crippen LogP contribution in [0.5, 0.6) is 0 Å². The van der Waals surface area contributed by atoms with Gasteiger partial charge in [0, 0.05) is 12.1 Å². The number of rotatable bonds is 6. The number of carbonyl (C=O) groups is 1. The van der Waals surface area contributed by atoms with Gasteiger partial charge in [0.15, 0.2) is 0 Å². The lowest BCUT2D eigenvalue weighted by Gasteiger charge is -2.14. The molecule has 0 heterocycles. The van der Waals surface area contributed by atoms with Gasteiger partial charge in [0.25, 0.3) is 5.91 Å². The summed E-state index contributed by atoms with van der Waals surface area (Å²) in [4.78, 5) is 12.3. The minimum Gasteiger partial charge on any atom is -0.346 e. The van der Waals surface area contributed by atoms with Crippen LogP contribution in [0, 0.1) is 5.82 Å². The van der Waals surface area contributed by atoms with Crippen molar-refractivity contribution >= 4 is 15.9 Å². The van der Waals surface area contributed by atoms with Crippen molar-refractivity contribution in [2.24, 2.45) is 0 Å². The molecule has 2 rings (SSSR count). The number of amides is 1. The zero-order valence-electron chi connectivity index (χ0n) is 13.4. The molecule has 0 spiro atoms. The maximum absolute atomic E-state index is 12.9. The predicted molar refractivity (Wildman–Crippen MR) is 89.6 cm³/mol. The summed E-state index contributed by atoms with van der Waals surface area (Å²) in [5.41, 5.74) is 1.12. The van der Waals surface area contributed by atoms with E-state index in [-0.39, 0.29) is 22.7 Å². The Morgan fingerprint density at radius 3 is 2.21 bits per heavy atom. The minimum absolute atomic E-state index is 0.104. The molecular formula is C17H19FN2O3S. The highest BCUT2D eigenvalue weighted by molar-refractivity contribution is 7.89. The summed E-state index contributed by atoms with van der Waals surface area (Å²) in [6, 6.07) is 11.2. The Hall–Kier alpha value is -2.25. The topological polar surface area (TPSA) is 75.3 Å². The van der Waals surface area contributed by atoms with Crippen LogP contribution in [-0.4, -0.2) is 20.9 Å². The normalized spacial score (nSPS) is 12.6. The highest BCUT2D eigenvalue weighted by atomic mass is 32.2. The summed E-state index contributed by atoms with van der Waals surface area (Å²) in [5, 5.41) is 2.79. The highest BCUT2D eigenvalue weighted by Crippen LogP contribution is 2.15. The number of benzene rings is 2. The maximum atomic E-state index is 12.9. The molecule has 0 saturated heterocycles. The summed E-state index contributed by atoms with van der Waals surface area (Å²) >= 11 is 0. The van der Waals surface area contributed by atoms with E-state index < -0.39 is 10.0 Å². The second-order valence-electron chi connectivity index (χ2n) is 5.27. The van der Waals surface area contributed by atoms with E-state index in [0.717, 1.165) is 5.56 Å². The molecule has 0 radical (unpaired) electrons. The fourth-order valence-corrected chi connectivity index (χ4v) is 3.21. The molecule has 2 aromatic rings. The summed E-state index contributed by atoms with van der Waals surface area (Å²) in [6.45, 7) is 3.77. The SMILES string of the molecule is CCNS(=O)(=O)c1ccc(C(=O)N[C@@H](C)c2ccc(F)cc2)cc1. The average molecular weight is 350 g/mol. The molecule has 0 unspecified atom stereocenters. The fraction of sp³-hybridized carbons (Fsp3) is 0.235. The monoisotopic (exact) mass is 350 g/mol. The first kappa shape index (κ1) is 18.1. The molecule has 0 bridgehead atoms. The third-order valence-corrected chi connectivity index (χ3v) is 5.04. The number of carbonyl (C=O) groups excluding carboxylic acids is 1. The van der Waals surface area contributed by atoms with Gasteiger partial charge in [-0.1, -0.05) is 19.1 Å². The molecule has 0 aliphatic carbocycles. The minimum atomic E-state index is -3.54. The van der Waals surface area contributed by atoms with E-state index >= 15 is 0 Å². The van der Waals surface area contributed by atoms with Crippen LogP contribution in [0.1, 0.15) is 35.8 Å². The van der Waals surface area contributed by atoms with E-state index in [1.54, 1.807) is 26.0 Å². The van der Waals surface area contributed by atoms with Crippen molar-refractivity contribution in [1.82, 2.24) is 10.0 Å². The Labute approximate surface area is 141 Å². The Bertz CT molecular complexity index is 803. The van der Waals surface area contributed by atoms with E-state index in [0.29, 0.717) is 12.1 Å². The van der Waals surface area contributed by atoms with Crippen LogP contribution in [-0.2, 0) is 10.0 Å². The lowest BCUT2D eigenvalue weighted by Crippen LogP contribution is -2.27. The van der Waals surface area contributed by atoms with Gasteiger partial charge in [0.05, 0.1) is 10.9 Å². The van der Waals surface area contributed by atoms with E-state index in [9.17, 15) is 17.6 Å². The molecule has 2 N–H and O–H groups in total. The zero-order valence-corrected chi connectivity index (χ0v) is 14.2. The molecule has 0 aromatic heterocycles. The molecule has 1 atom stereocenters. The van der Waals surface area contributed by atoms with Crippen LogP contribution >= 0.6 is 0 Å². The molecule has 128 valence electrons. The number of hydrogen-bond donors (Lipinski definition) is 2. The third kappa shape index (κ3) is 4.39. The Morgan fingerprint density at radius 1 is 1.08 bits per heavy atom. The van der Waals surface area contributed by atoms with Gasteiger partial charge < -0.3 is 5.32 Å². The van der Waals surface area contributed by atoms with Gasteiger partial charge in [-0.15, -0.1) is 0 Å². The average Bonchev–Trinajstić information content (AvgIpc) is 2.55. The van der Waals surface area contributed by atoms with Gasteiger partial charge in [-0.05, 0) is 48.9 Å². The van der Waals surface area contributed by atoms with Crippen LogP contribution < -0.4 is 10.0 Å². The molecule has 0 fully saturated rings. The number of hydrogen-bond acceptors (Lipinski definition) is 3. The molecule has 5 nitrogen and oxygen atoms in total. The van der Waals surface area contributed by atoms with E-state index in [4.69, 9.17) is 0 Å². The summed E-state index contributed by atoms with van der Waals surface area (Å²) < 4.78 is 39.0. The van der Waals surface area contributed by atoms with Crippen LogP contribution in [0.2, 0.25) is 0 Å². The van der Waals surface area contributed by atoms with Crippen molar-refractivity contribution in [3.63, 3.8) is 0 Å². The maximum Gasteiger partial charge on any atom is 0.251 e. The van der Waals surface area contributed by atoms with Crippen molar-refractivity contribution in [2.45, 2.75) is 24.8 Å². The quantitative estimate of drug-likeness (QED) is 0.841. The largest absolute Gasteiger partial charge is 0.346 e. The van der Waals surface area contributed by atoms with Crippen LogP contribution in [0.4, 0.5) is 4.39 Å². The third-order valence-electron chi connectivity index (χ3n) is 3.48. The molecule has 7 heteroatoms. The first-order chi connectivity index (χ1) is 11.3. The van der Waals surface area contributed by atoms with Gasteiger partial charge >= 0.3 is 0 Å². The number of sulfonamides is 1. The Balaban J connectivity index is 2.09. The molecule has 0 aliphatic heterocycles. The fourth-order valence-electron chi connectivity index (χ4n) is 2.17. The smallest absolute Gasteiger partial charge is 0.251 e. The highest BCUT2D eigenvalue weighted by Gasteiger charge is 2.15. The molecular weight excluding hydrogens is 331 g/mol. The molecule has 0 saturated carbocycles. The van der Waals surface area contributed by atoms with Crippen LogP contribution in [0.25, 0.3) is 0 Å². The van der Waals surface area contributed by atoms with Gasteiger partial charge in [0.1, 0.15) is 5.82 Å². The van der Waals surface area contributed by atoms with Crippen molar-refractivity contribution < 1.29 is 17.6 Å². The Morgan fingerprint density at radius 2 is 1.67 bits per heavy atom. The second-order valence-corrected chi connectivity index (χ2v) is 7.04. The summed E-state index contributed by atoms with van der Waals surface area (Å²) in [7, 11) is -3.54. The van der Waals surface area contributed by atoms with Gasteiger partial charge in [0.2, 0.25) is 10.0 Å². The first-order valence-electron chi connectivity index (χ1n) is 7.49. The van der Waals surface area contributed by atoms with Crippen LogP contribution in [0.3, 0.4) is 0 Å². The number of halogens is 1. The van der Waals surface area contributed by atoms with Crippen LogP contribution in [0.15, 0.2) is 53.4 Å². The van der Waals surface area contributed by atoms with Crippen molar-refractivity contribution in [3.05, 3.63) is 65.5 Å². The van der Waals surface area contributed by atoms with Gasteiger partial charge in [-0.2, -0.15) is 0 Å². The van der Waals surface area contributed by atoms with E-state index in [1.807, 2.05) is 0 Å². The lowest BCUT2D eigenvalue weighted by atomic mass is 10.1. The van der Waals surface area contributed by atoms with E-state index in [1.165, 1.54) is 36.4 Å². The number of nitrogens with one attached hydrogen (secondary N) is 2. The standard InChI is InChI=1S/C17H19FN2O3S/c1-3-19-24(22,23)16-10-6-14(7-11-16)17(21)20-12(2)13-4-8-15(18)9-5-13/h4-12,19H,3H2,1-2H3,(H,20,21)/t12-/m0/s1. The molecule has 24 heavy (non-hydrogen) atoms. The zero-order chi connectivity index (χ0) is 17.7. The second kappa shape index (κ2) is 7.55. The molecule has 0 aliphatic rings. The van der Waals surface area contributed by atoms with Crippen molar-refractivity contribution in [2.75, 3.05) is 6.54 Å². The van der Waals surface area contributed by atoms with Crippen molar-refractivity contribution in [3.8, 4) is 0 Å². The lowest BCUT2D eigenvalue weighted by molar-refractivity contribution is 0.0940. The predicted octanol–water partition coefficient (Wildman–Crippen LogP) is 2.61. The Kier molecular flexibility index (Phi) is 5.69.